The molecule has 0 saturated carbocycles. The molecule has 2 nitrogen and oxygen atoms in total. The van der Waals surface area contributed by atoms with Gasteiger partial charge in [0.15, 0.2) is 0 Å². The van der Waals surface area contributed by atoms with E-state index in [-0.39, 0.29) is 0 Å². The average molecular weight is 304 g/mol. The first kappa shape index (κ1) is 16.5. The Morgan fingerprint density at radius 2 is 1.35 bits per heavy atom. The molecule has 0 spiro atoms. The van der Waals surface area contributed by atoms with Crippen LogP contribution >= 0.6 is 0 Å². The SMILES string of the molecule is CCC(C=Cc1ccccc1)=C(C=Cc1ccccc1)C(=O)O. The number of carbonyl (C=O) groups is 1. The van der Waals surface area contributed by atoms with Crippen molar-refractivity contribution < 1.29 is 9.90 Å². The second kappa shape index (κ2) is 8.54. The molecular weight excluding hydrogens is 284 g/mol. The van der Waals surface area contributed by atoms with Crippen LogP contribution in [0.15, 0.2) is 84.0 Å². The number of hydrogen-bond donors (Lipinski definition) is 1. The molecule has 0 unspecified atom stereocenters. The van der Waals surface area contributed by atoms with Crippen LogP contribution in [0.3, 0.4) is 0 Å². The van der Waals surface area contributed by atoms with Crippen LogP contribution in [-0.2, 0) is 4.79 Å². The predicted octanol–water partition coefficient (Wildman–Crippen LogP) is 5.20. The zero-order valence-electron chi connectivity index (χ0n) is 13.1. The van der Waals surface area contributed by atoms with Gasteiger partial charge in [0.25, 0.3) is 0 Å². The molecule has 2 rings (SSSR count). The molecule has 0 aliphatic heterocycles. The third-order valence-corrected chi connectivity index (χ3v) is 3.48. The summed E-state index contributed by atoms with van der Waals surface area (Å²) in [5.41, 5.74) is 3.15. The van der Waals surface area contributed by atoms with Crippen molar-refractivity contribution in [2.45, 2.75) is 13.3 Å². The van der Waals surface area contributed by atoms with Crippen molar-refractivity contribution in [2.24, 2.45) is 0 Å². The molecule has 0 bridgehead atoms. The molecule has 2 heteroatoms. The normalized spacial score (nSPS) is 12.6. The number of carboxylic acids is 1. The lowest BCUT2D eigenvalue weighted by molar-refractivity contribution is -0.132. The van der Waals surface area contributed by atoms with E-state index in [0.29, 0.717) is 12.0 Å². The van der Waals surface area contributed by atoms with Crippen molar-refractivity contribution in [2.75, 3.05) is 0 Å². The highest BCUT2D eigenvalue weighted by Gasteiger charge is 2.08. The van der Waals surface area contributed by atoms with Crippen molar-refractivity contribution in [1.82, 2.24) is 0 Å². The van der Waals surface area contributed by atoms with E-state index >= 15 is 0 Å². The Hall–Kier alpha value is -2.87. The highest BCUT2D eigenvalue weighted by atomic mass is 16.4. The third kappa shape index (κ3) is 5.11. The number of allylic oxidation sites excluding steroid dienone is 2. The van der Waals surface area contributed by atoms with Crippen molar-refractivity contribution in [1.29, 1.82) is 0 Å². The first-order valence-electron chi connectivity index (χ1n) is 7.63. The first-order chi connectivity index (χ1) is 11.2. The molecule has 0 aromatic heterocycles. The van der Waals surface area contributed by atoms with Crippen molar-refractivity contribution in [3.63, 3.8) is 0 Å². The van der Waals surface area contributed by atoms with Crippen LogP contribution in [0.2, 0.25) is 0 Å². The van der Waals surface area contributed by atoms with Crippen LogP contribution in [-0.4, -0.2) is 11.1 Å². The zero-order valence-corrected chi connectivity index (χ0v) is 13.1. The van der Waals surface area contributed by atoms with Gasteiger partial charge in [-0.2, -0.15) is 0 Å². The smallest absolute Gasteiger partial charge is 0.335 e. The van der Waals surface area contributed by atoms with Gasteiger partial charge in [-0.25, -0.2) is 4.79 Å². The Bertz CT molecular complexity index is 723. The predicted molar refractivity (Wildman–Crippen MR) is 95.9 cm³/mol. The van der Waals surface area contributed by atoms with Gasteiger partial charge in [0, 0.05) is 0 Å². The summed E-state index contributed by atoms with van der Waals surface area (Å²) in [5.74, 6) is -0.910. The number of carboxylic acid groups (broad SMARTS) is 1. The summed E-state index contributed by atoms with van der Waals surface area (Å²) in [6, 6.07) is 19.5. The number of rotatable bonds is 6. The molecule has 0 saturated heterocycles. The van der Waals surface area contributed by atoms with E-state index in [4.69, 9.17) is 0 Å². The lowest BCUT2D eigenvalue weighted by atomic mass is 10.0. The van der Waals surface area contributed by atoms with E-state index in [0.717, 1.165) is 16.7 Å². The van der Waals surface area contributed by atoms with Crippen LogP contribution < -0.4 is 0 Å². The van der Waals surface area contributed by atoms with Crippen LogP contribution in [0.4, 0.5) is 0 Å². The van der Waals surface area contributed by atoms with E-state index < -0.39 is 5.97 Å². The average Bonchev–Trinajstić information content (AvgIpc) is 2.59. The molecule has 0 atom stereocenters. The summed E-state index contributed by atoms with van der Waals surface area (Å²) in [6.45, 7) is 1.96. The van der Waals surface area contributed by atoms with Crippen molar-refractivity contribution >= 4 is 18.1 Å². The summed E-state index contributed by atoms with van der Waals surface area (Å²) in [6.07, 6.45) is 7.98. The topological polar surface area (TPSA) is 37.3 Å². The summed E-state index contributed by atoms with van der Waals surface area (Å²) >= 11 is 0. The Morgan fingerprint density at radius 1 is 0.870 bits per heavy atom. The molecule has 116 valence electrons. The molecule has 2 aromatic rings. The van der Waals surface area contributed by atoms with Gasteiger partial charge < -0.3 is 5.11 Å². The van der Waals surface area contributed by atoms with E-state index in [9.17, 15) is 9.90 Å². The van der Waals surface area contributed by atoms with Crippen molar-refractivity contribution in [3.8, 4) is 0 Å². The van der Waals surface area contributed by atoms with Crippen LogP contribution in [0.1, 0.15) is 24.5 Å². The van der Waals surface area contributed by atoms with Gasteiger partial charge in [0.2, 0.25) is 0 Å². The number of aliphatic carboxylic acids is 1. The number of hydrogen-bond acceptors (Lipinski definition) is 1. The maximum Gasteiger partial charge on any atom is 0.335 e. The van der Waals surface area contributed by atoms with Gasteiger partial charge in [-0.3, -0.25) is 0 Å². The van der Waals surface area contributed by atoms with Gasteiger partial charge in [0.1, 0.15) is 0 Å². The monoisotopic (exact) mass is 304 g/mol. The van der Waals surface area contributed by atoms with Gasteiger partial charge in [-0.15, -0.1) is 0 Å². The maximum absolute atomic E-state index is 11.6. The Labute approximate surface area is 137 Å². The van der Waals surface area contributed by atoms with Crippen molar-refractivity contribution in [3.05, 3.63) is 95.1 Å². The largest absolute Gasteiger partial charge is 0.478 e. The molecule has 23 heavy (non-hydrogen) atoms. The standard InChI is InChI=1S/C21H20O2/c1-2-19(15-13-17-9-5-3-6-10-17)20(21(22)23)16-14-18-11-7-4-8-12-18/h3-16H,2H2,1H3,(H,22,23). The molecule has 1 N–H and O–H groups in total. The van der Waals surface area contributed by atoms with E-state index in [1.54, 1.807) is 6.08 Å². The second-order valence-corrected chi connectivity index (χ2v) is 5.09. The van der Waals surface area contributed by atoms with Crippen LogP contribution in [0.25, 0.3) is 12.2 Å². The minimum absolute atomic E-state index is 0.323. The highest BCUT2D eigenvalue weighted by molar-refractivity contribution is 5.93. The lowest BCUT2D eigenvalue weighted by Crippen LogP contribution is -2.01. The fourth-order valence-electron chi connectivity index (χ4n) is 2.22. The summed E-state index contributed by atoms with van der Waals surface area (Å²) in [7, 11) is 0. The van der Waals surface area contributed by atoms with E-state index in [1.165, 1.54) is 0 Å². The van der Waals surface area contributed by atoms with Gasteiger partial charge >= 0.3 is 5.97 Å². The third-order valence-electron chi connectivity index (χ3n) is 3.48. The molecule has 0 fully saturated rings. The minimum atomic E-state index is -0.910. The minimum Gasteiger partial charge on any atom is -0.478 e. The summed E-state index contributed by atoms with van der Waals surface area (Å²) < 4.78 is 0. The first-order valence-corrected chi connectivity index (χ1v) is 7.63. The molecule has 0 amide bonds. The van der Waals surface area contributed by atoms with Crippen LogP contribution in [0.5, 0.6) is 0 Å². The molecule has 0 aliphatic rings. The van der Waals surface area contributed by atoms with Gasteiger partial charge in [-0.05, 0) is 29.2 Å². The van der Waals surface area contributed by atoms with Gasteiger partial charge in [-0.1, -0.05) is 85.8 Å². The maximum atomic E-state index is 11.6. The fourth-order valence-corrected chi connectivity index (χ4v) is 2.22. The molecular formula is C21H20O2. The molecule has 0 aliphatic carbocycles. The van der Waals surface area contributed by atoms with E-state index in [1.807, 2.05) is 85.8 Å². The zero-order chi connectivity index (χ0) is 16.5. The Morgan fingerprint density at radius 3 is 1.78 bits per heavy atom. The Balaban J connectivity index is 2.31. The Kier molecular flexibility index (Phi) is 6.13. The molecule has 0 heterocycles. The summed E-state index contributed by atoms with van der Waals surface area (Å²) in [5, 5.41) is 9.51. The second-order valence-electron chi connectivity index (χ2n) is 5.09. The van der Waals surface area contributed by atoms with E-state index in [2.05, 4.69) is 0 Å². The van der Waals surface area contributed by atoms with Gasteiger partial charge in [0.05, 0.1) is 5.57 Å². The number of benzene rings is 2. The molecule has 2 aromatic carbocycles. The summed E-state index contributed by atoms with van der Waals surface area (Å²) in [4.78, 5) is 11.6. The molecule has 0 radical (unpaired) electrons. The fraction of sp³-hybridized carbons (Fsp3) is 0.0952. The van der Waals surface area contributed by atoms with Crippen LogP contribution in [0, 0.1) is 0 Å². The highest BCUT2D eigenvalue weighted by Crippen LogP contribution is 2.16. The lowest BCUT2D eigenvalue weighted by Gasteiger charge is -2.03. The quantitative estimate of drug-likeness (QED) is 0.588.